The third-order valence-electron chi connectivity index (χ3n) is 14.9. The molecule has 0 aromatic carbocycles. The number of carbonyl (C=O) groups is 4. The van der Waals surface area contributed by atoms with E-state index in [9.17, 15) is 19.2 Å². The van der Waals surface area contributed by atoms with Gasteiger partial charge in [-0.05, 0) is 84.7 Å². The molecule has 0 aliphatic rings. The number of unbranched alkanes of at least 4 members (excludes halogenated alkanes) is 28. The first-order valence-electron chi connectivity index (χ1n) is 32.7. The van der Waals surface area contributed by atoms with Gasteiger partial charge in [-0.1, -0.05) is 214 Å². The van der Waals surface area contributed by atoms with Crippen molar-refractivity contribution < 1.29 is 38.1 Å². The molecule has 0 aromatic heterocycles. The van der Waals surface area contributed by atoms with Crippen LogP contribution in [0.5, 0.6) is 0 Å². The van der Waals surface area contributed by atoms with Crippen LogP contribution in [0.2, 0.25) is 0 Å². The minimum absolute atomic E-state index is 0.150. The van der Waals surface area contributed by atoms with Crippen molar-refractivity contribution in [2.24, 2.45) is 0 Å². The minimum atomic E-state index is -0.153. The average Bonchev–Trinajstić information content (AvgIpc) is 3.41. The van der Waals surface area contributed by atoms with Crippen LogP contribution in [0.4, 0.5) is 0 Å². The maximum absolute atomic E-state index is 12.8. The van der Waals surface area contributed by atoms with Gasteiger partial charge in [0.25, 0.3) is 0 Å². The normalized spacial score (nSPS) is 11.7. The largest absolute Gasteiger partial charge is 0.466 e. The smallest absolute Gasteiger partial charge is 0.307 e. The number of esters is 4. The summed E-state index contributed by atoms with van der Waals surface area (Å²) < 4.78 is 22.6. The van der Waals surface area contributed by atoms with E-state index >= 15 is 0 Å². The summed E-state index contributed by atoms with van der Waals surface area (Å²) in [6.07, 6.45) is 43.0. The van der Waals surface area contributed by atoms with Gasteiger partial charge in [-0.25, -0.2) is 0 Å². The standard InChI is InChI=1S/C64H126N4O8/c1-7-12-16-20-24-28-32-36-57-73-61(69)42-51-67(52-43-62(70)74-58-37-33-29-25-21-17-13-8-2)48-40-47-65(6)55-56-66(46-11-5)49-41-50-68(53-44-63(71)75-59-38-34-30-26-22-18-14-9-3)54-45-64(72)76-60-39-35-31-27-23-19-15-10-4/h7-60H2,1-6H3. The quantitative estimate of drug-likeness (QED) is 0.0328. The van der Waals surface area contributed by atoms with Crippen LogP contribution >= 0.6 is 0 Å². The van der Waals surface area contributed by atoms with E-state index in [1.165, 1.54) is 154 Å². The Balaban J connectivity index is 5.12. The molecule has 12 nitrogen and oxygen atoms in total. The molecular weight excluding hydrogens is 953 g/mol. The Kier molecular flexibility index (Phi) is 57.1. The number of likely N-dealkylation sites (N-methyl/N-ethyl adjacent to an activating group) is 1. The monoisotopic (exact) mass is 1080 g/mol. The molecule has 0 rings (SSSR count). The number of rotatable bonds is 61. The van der Waals surface area contributed by atoms with Gasteiger partial charge in [-0.3, -0.25) is 19.2 Å². The molecule has 0 atom stereocenters. The highest BCUT2D eigenvalue weighted by Gasteiger charge is 2.16. The van der Waals surface area contributed by atoms with E-state index in [0.717, 1.165) is 116 Å². The summed E-state index contributed by atoms with van der Waals surface area (Å²) in [6.45, 7) is 21.9. The molecule has 0 amide bonds. The van der Waals surface area contributed by atoms with Crippen molar-refractivity contribution in [2.45, 2.75) is 285 Å². The second-order valence-corrected chi connectivity index (χ2v) is 22.3. The zero-order chi connectivity index (χ0) is 55.6. The van der Waals surface area contributed by atoms with Crippen molar-refractivity contribution in [3.8, 4) is 0 Å². The summed E-state index contributed by atoms with van der Waals surface area (Å²) in [7, 11) is 2.18. The van der Waals surface area contributed by atoms with Crippen molar-refractivity contribution in [1.29, 1.82) is 0 Å². The first-order valence-corrected chi connectivity index (χ1v) is 32.7. The molecule has 0 saturated heterocycles. The topological polar surface area (TPSA) is 118 Å². The summed E-state index contributed by atoms with van der Waals surface area (Å²) in [5, 5.41) is 0. The molecule has 76 heavy (non-hydrogen) atoms. The summed E-state index contributed by atoms with van der Waals surface area (Å²) >= 11 is 0. The molecule has 0 saturated carbocycles. The fourth-order valence-corrected chi connectivity index (χ4v) is 9.80. The minimum Gasteiger partial charge on any atom is -0.466 e. The number of hydrogen-bond donors (Lipinski definition) is 0. The Hall–Kier alpha value is -2.28. The van der Waals surface area contributed by atoms with Crippen LogP contribution in [0.25, 0.3) is 0 Å². The lowest BCUT2D eigenvalue weighted by Gasteiger charge is -2.28. The molecule has 0 N–H and O–H groups in total. The van der Waals surface area contributed by atoms with E-state index in [1.54, 1.807) is 0 Å². The highest BCUT2D eigenvalue weighted by atomic mass is 16.5. The highest BCUT2D eigenvalue weighted by molar-refractivity contribution is 5.71. The van der Waals surface area contributed by atoms with Crippen LogP contribution in [0.15, 0.2) is 0 Å². The zero-order valence-electron chi connectivity index (χ0n) is 51.2. The first kappa shape index (κ1) is 73.7. The van der Waals surface area contributed by atoms with Crippen molar-refractivity contribution >= 4 is 23.9 Å². The summed E-state index contributed by atoms with van der Waals surface area (Å²) in [4.78, 5) is 60.7. The van der Waals surface area contributed by atoms with Gasteiger partial charge in [0.1, 0.15) is 0 Å². The summed E-state index contributed by atoms with van der Waals surface area (Å²) in [6, 6.07) is 0. The van der Waals surface area contributed by atoms with E-state index in [2.05, 4.69) is 61.3 Å². The molecule has 0 spiro atoms. The van der Waals surface area contributed by atoms with Gasteiger partial charge in [0.15, 0.2) is 0 Å². The fourth-order valence-electron chi connectivity index (χ4n) is 9.80. The van der Waals surface area contributed by atoms with Crippen LogP contribution in [-0.2, 0) is 38.1 Å². The van der Waals surface area contributed by atoms with Gasteiger partial charge < -0.3 is 38.5 Å². The van der Waals surface area contributed by atoms with E-state index < -0.39 is 0 Å². The lowest BCUT2D eigenvalue weighted by atomic mass is 10.1. The maximum atomic E-state index is 12.8. The summed E-state index contributed by atoms with van der Waals surface area (Å²) in [5.74, 6) is -0.606. The van der Waals surface area contributed by atoms with Crippen molar-refractivity contribution in [3.05, 3.63) is 0 Å². The number of nitrogens with zero attached hydrogens (tertiary/aromatic N) is 4. The van der Waals surface area contributed by atoms with E-state index in [1.807, 2.05) is 0 Å². The van der Waals surface area contributed by atoms with E-state index in [0.29, 0.717) is 78.3 Å². The Labute approximate surface area is 470 Å². The lowest BCUT2D eigenvalue weighted by Crippen LogP contribution is -2.38. The van der Waals surface area contributed by atoms with Crippen LogP contribution in [0, 0.1) is 0 Å². The molecule has 12 heteroatoms. The van der Waals surface area contributed by atoms with Gasteiger partial charge in [-0.2, -0.15) is 0 Å². The highest BCUT2D eigenvalue weighted by Crippen LogP contribution is 2.13. The molecule has 0 heterocycles. The molecule has 0 aliphatic carbocycles. The predicted octanol–water partition coefficient (Wildman–Crippen LogP) is 15.3. The van der Waals surface area contributed by atoms with Crippen molar-refractivity contribution in [1.82, 2.24) is 19.6 Å². The molecule has 0 fully saturated rings. The second-order valence-electron chi connectivity index (χ2n) is 22.3. The van der Waals surface area contributed by atoms with E-state index in [4.69, 9.17) is 18.9 Å². The van der Waals surface area contributed by atoms with Crippen LogP contribution in [0.3, 0.4) is 0 Å². The van der Waals surface area contributed by atoms with E-state index in [-0.39, 0.29) is 23.9 Å². The van der Waals surface area contributed by atoms with Gasteiger partial charge in [0.05, 0.1) is 52.1 Å². The second kappa shape index (κ2) is 58.9. The molecule has 0 aliphatic heterocycles. The average molecular weight is 1080 g/mol. The number of ether oxygens (including phenoxy) is 4. The molecular formula is C64H126N4O8. The SMILES string of the molecule is CCCCCCCCCCOC(=O)CCN(CCCN(C)CCN(CCC)CCCN(CCC(=O)OCCCCCCCCCC)CCC(=O)OCCCCCCCCCC)CCC(=O)OCCCCCCCCCC. The molecule has 450 valence electrons. The van der Waals surface area contributed by atoms with Crippen LogP contribution in [-0.4, -0.2) is 149 Å². The Morgan fingerprint density at radius 1 is 0.237 bits per heavy atom. The van der Waals surface area contributed by atoms with Gasteiger partial charge in [-0.15, -0.1) is 0 Å². The van der Waals surface area contributed by atoms with Crippen LogP contribution in [0.1, 0.15) is 285 Å². The molecule has 0 bridgehead atoms. The zero-order valence-corrected chi connectivity index (χ0v) is 51.2. The van der Waals surface area contributed by atoms with Crippen molar-refractivity contribution in [3.63, 3.8) is 0 Å². The number of carbonyl (C=O) groups excluding carboxylic acids is 4. The summed E-state index contributed by atoms with van der Waals surface area (Å²) in [5.41, 5.74) is 0. The van der Waals surface area contributed by atoms with Crippen molar-refractivity contribution in [2.75, 3.05) is 105 Å². The lowest BCUT2D eigenvalue weighted by molar-refractivity contribution is -0.146. The number of hydrogen-bond acceptors (Lipinski definition) is 12. The predicted molar refractivity (Wildman–Crippen MR) is 319 cm³/mol. The fraction of sp³-hybridized carbons (Fsp3) is 0.938. The third-order valence-corrected chi connectivity index (χ3v) is 14.9. The maximum Gasteiger partial charge on any atom is 0.307 e. The van der Waals surface area contributed by atoms with Gasteiger partial charge in [0.2, 0.25) is 0 Å². The van der Waals surface area contributed by atoms with Gasteiger partial charge >= 0.3 is 23.9 Å². The Morgan fingerprint density at radius 3 is 0.737 bits per heavy atom. The first-order chi connectivity index (χ1) is 37.2. The molecule has 0 unspecified atom stereocenters. The third kappa shape index (κ3) is 53.7. The Bertz CT molecular complexity index is 1200. The Morgan fingerprint density at radius 2 is 0.474 bits per heavy atom. The van der Waals surface area contributed by atoms with Crippen LogP contribution < -0.4 is 0 Å². The van der Waals surface area contributed by atoms with Gasteiger partial charge in [0, 0.05) is 39.3 Å². The molecule has 0 radical (unpaired) electrons. The molecule has 0 aromatic rings.